The number of aryl methyl sites for hydroxylation is 1. The van der Waals surface area contributed by atoms with Gasteiger partial charge in [-0.25, -0.2) is 18.4 Å². The number of aromatic nitrogens is 2. The Balaban J connectivity index is 1.44. The Morgan fingerprint density at radius 2 is 1.97 bits per heavy atom. The Bertz CT molecular complexity index is 1140. The molecule has 2 N–H and O–H groups in total. The van der Waals surface area contributed by atoms with Crippen LogP contribution in [-0.4, -0.2) is 24.3 Å². The molecule has 0 saturated heterocycles. The second-order valence-corrected chi connectivity index (χ2v) is 11.2. The second kappa shape index (κ2) is 8.44. The van der Waals surface area contributed by atoms with Crippen LogP contribution < -0.4 is 10.0 Å². The van der Waals surface area contributed by atoms with Crippen molar-refractivity contribution < 1.29 is 13.2 Å². The number of anilines is 2. The van der Waals surface area contributed by atoms with E-state index in [0.29, 0.717) is 27.7 Å². The lowest BCUT2D eigenvalue weighted by Gasteiger charge is -2.24. The molecule has 1 amide bonds. The van der Waals surface area contributed by atoms with Gasteiger partial charge in [-0.1, -0.05) is 13.8 Å². The van der Waals surface area contributed by atoms with Gasteiger partial charge < -0.3 is 0 Å². The van der Waals surface area contributed by atoms with Crippen molar-refractivity contribution >= 4 is 48.9 Å². The third-order valence-electron chi connectivity index (χ3n) is 5.22. The van der Waals surface area contributed by atoms with Crippen LogP contribution in [-0.2, 0) is 22.9 Å². The zero-order valence-electron chi connectivity index (χ0n) is 16.6. The van der Waals surface area contributed by atoms with Gasteiger partial charge in [0, 0.05) is 22.0 Å². The standard InChI is InChI=1S/C20H22N4O3S3/c1-12(2)14-5-8-16-17(11-14)29-20(22-16)23-18(25)13-3-6-15(7-4-13)30(26,27)24-19-21-9-10-28-19/h3-4,6-7,9-10,12,14H,5,8,11H2,1-2H3,(H,21,24)(H,22,23,25). The molecule has 7 nitrogen and oxygen atoms in total. The number of amides is 1. The van der Waals surface area contributed by atoms with Crippen LogP contribution in [0.15, 0.2) is 40.7 Å². The average molecular weight is 463 g/mol. The molecule has 0 saturated carbocycles. The van der Waals surface area contributed by atoms with Crippen molar-refractivity contribution in [2.24, 2.45) is 11.8 Å². The number of nitrogens with zero attached hydrogens (tertiary/aromatic N) is 2. The monoisotopic (exact) mass is 462 g/mol. The molecular weight excluding hydrogens is 440 g/mol. The number of carbonyl (C=O) groups is 1. The molecule has 1 aromatic carbocycles. The third-order valence-corrected chi connectivity index (χ3v) is 8.43. The lowest BCUT2D eigenvalue weighted by Crippen LogP contribution is -2.17. The Labute approximate surface area is 183 Å². The minimum atomic E-state index is -3.74. The highest BCUT2D eigenvalue weighted by Crippen LogP contribution is 2.35. The highest BCUT2D eigenvalue weighted by molar-refractivity contribution is 7.93. The molecule has 158 valence electrons. The van der Waals surface area contributed by atoms with Gasteiger partial charge in [-0.2, -0.15) is 0 Å². The lowest BCUT2D eigenvalue weighted by atomic mass is 9.83. The minimum absolute atomic E-state index is 0.0682. The number of nitrogens with one attached hydrogen (secondary N) is 2. The van der Waals surface area contributed by atoms with Crippen molar-refractivity contribution in [3.63, 3.8) is 0 Å². The first kappa shape index (κ1) is 21.0. The molecule has 0 spiro atoms. The molecule has 4 rings (SSSR count). The molecule has 0 aliphatic heterocycles. The topological polar surface area (TPSA) is 101 Å². The van der Waals surface area contributed by atoms with Gasteiger partial charge in [0.1, 0.15) is 0 Å². The Kier molecular flexibility index (Phi) is 5.90. The van der Waals surface area contributed by atoms with E-state index in [1.54, 1.807) is 5.38 Å². The second-order valence-electron chi connectivity index (χ2n) is 7.56. The van der Waals surface area contributed by atoms with Crippen LogP contribution >= 0.6 is 22.7 Å². The van der Waals surface area contributed by atoms with E-state index in [1.807, 2.05) is 0 Å². The van der Waals surface area contributed by atoms with Gasteiger partial charge >= 0.3 is 0 Å². The number of rotatable bonds is 6. The van der Waals surface area contributed by atoms with E-state index in [1.165, 1.54) is 58.0 Å². The summed E-state index contributed by atoms with van der Waals surface area (Å²) in [5.74, 6) is 0.991. The van der Waals surface area contributed by atoms with Crippen molar-refractivity contribution in [1.29, 1.82) is 0 Å². The third kappa shape index (κ3) is 4.55. The smallest absolute Gasteiger partial charge is 0.263 e. The maximum absolute atomic E-state index is 12.6. The number of thiazole rings is 2. The Morgan fingerprint density at radius 3 is 2.63 bits per heavy atom. The van der Waals surface area contributed by atoms with E-state index in [9.17, 15) is 13.2 Å². The normalized spacial score (nSPS) is 16.3. The molecule has 0 bridgehead atoms. The number of benzene rings is 1. The average Bonchev–Trinajstić information content (AvgIpc) is 3.36. The maximum Gasteiger partial charge on any atom is 0.263 e. The summed E-state index contributed by atoms with van der Waals surface area (Å²) in [5, 5.41) is 5.42. The molecule has 1 atom stereocenters. The van der Waals surface area contributed by atoms with Crippen LogP contribution in [0.25, 0.3) is 0 Å². The van der Waals surface area contributed by atoms with E-state index in [4.69, 9.17) is 0 Å². The molecule has 10 heteroatoms. The number of carbonyl (C=O) groups excluding carboxylic acids is 1. The van der Waals surface area contributed by atoms with Crippen molar-refractivity contribution in [2.45, 2.75) is 38.0 Å². The van der Waals surface area contributed by atoms with E-state index < -0.39 is 10.0 Å². The molecular formula is C20H22N4O3S3. The first-order valence-electron chi connectivity index (χ1n) is 9.64. The number of fused-ring (bicyclic) bond motifs is 1. The molecule has 2 heterocycles. The minimum Gasteiger partial charge on any atom is -0.298 e. The SMILES string of the molecule is CC(C)C1CCc2nc(NC(=O)c3ccc(S(=O)(=O)Nc4nccs4)cc3)sc2C1. The van der Waals surface area contributed by atoms with Crippen LogP contribution in [0.2, 0.25) is 0 Å². The summed E-state index contributed by atoms with van der Waals surface area (Å²) < 4.78 is 27.2. The number of sulfonamides is 1. The summed E-state index contributed by atoms with van der Waals surface area (Å²) in [5.41, 5.74) is 1.46. The summed E-state index contributed by atoms with van der Waals surface area (Å²) in [4.78, 5) is 22.4. The van der Waals surface area contributed by atoms with Gasteiger partial charge in [0.25, 0.3) is 15.9 Å². The summed E-state index contributed by atoms with van der Waals surface area (Å²) in [6.45, 7) is 4.49. The predicted molar refractivity (Wildman–Crippen MR) is 120 cm³/mol. The van der Waals surface area contributed by atoms with Crippen molar-refractivity contribution in [1.82, 2.24) is 9.97 Å². The van der Waals surface area contributed by atoms with Crippen LogP contribution in [0, 0.1) is 11.8 Å². The molecule has 2 aromatic heterocycles. The largest absolute Gasteiger partial charge is 0.298 e. The van der Waals surface area contributed by atoms with Crippen LogP contribution in [0.1, 0.15) is 41.2 Å². The molecule has 1 unspecified atom stereocenters. The predicted octanol–water partition coefficient (Wildman–Crippen LogP) is 4.41. The summed E-state index contributed by atoms with van der Waals surface area (Å²) in [6, 6.07) is 5.80. The number of hydrogen-bond donors (Lipinski definition) is 2. The van der Waals surface area contributed by atoms with Crippen molar-refractivity contribution in [3.8, 4) is 0 Å². The van der Waals surface area contributed by atoms with Crippen LogP contribution in [0.4, 0.5) is 10.3 Å². The van der Waals surface area contributed by atoms with Gasteiger partial charge in [-0.3, -0.25) is 14.8 Å². The van der Waals surface area contributed by atoms with Crippen LogP contribution in [0.5, 0.6) is 0 Å². The van der Waals surface area contributed by atoms with Crippen molar-refractivity contribution in [3.05, 3.63) is 52.0 Å². The highest BCUT2D eigenvalue weighted by Gasteiger charge is 2.25. The molecule has 3 aromatic rings. The zero-order chi connectivity index (χ0) is 21.3. The van der Waals surface area contributed by atoms with Gasteiger partial charge in [0.2, 0.25) is 0 Å². The van der Waals surface area contributed by atoms with Crippen LogP contribution in [0.3, 0.4) is 0 Å². The van der Waals surface area contributed by atoms with E-state index >= 15 is 0 Å². The molecule has 30 heavy (non-hydrogen) atoms. The first-order valence-corrected chi connectivity index (χ1v) is 12.8. The fraction of sp³-hybridized carbons (Fsp3) is 0.350. The lowest BCUT2D eigenvalue weighted by molar-refractivity contribution is 0.102. The first-order chi connectivity index (χ1) is 14.3. The fourth-order valence-corrected chi connectivity index (χ4v) is 6.31. The Morgan fingerprint density at radius 1 is 1.20 bits per heavy atom. The van der Waals surface area contributed by atoms with E-state index in [-0.39, 0.29) is 10.8 Å². The maximum atomic E-state index is 12.6. The van der Waals surface area contributed by atoms with E-state index in [0.717, 1.165) is 25.0 Å². The summed E-state index contributed by atoms with van der Waals surface area (Å²) in [7, 11) is -3.74. The molecule has 1 aliphatic carbocycles. The van der Waals surface area contributed by atoms with E-state index in [2.05, 4.69) is 33.9 Å². The zero-order valence-corrected chi connectivity index (χ0v) is 19.0. The van der Waals surface area contributed by atoms with Gasteiger partial charge in [-0.05, 0) is 55.4 Å². The van der Waals surface area contributed by atoms with Gasteiger partial charge in [0.15, 0.2) is 10.3 Å². The number of hydrogen-bond acceptors (Lipinski definition) is 7. The molecule has 0 radical (unpaired) electrons. The van der Waals surface area contributed by atoms with Gasteiger partial charge in [0.05, 0.1) is 10.6 Å². The fourth-order valence-electron chi connectivity index (χ4n) is 3.43. The molecule has 0 fully saturated rings. The summed E-state index contributed by atoms with van der Waals surface area (Å²) in [6.07, 6.45) is 4.62. The Hall–Kier alpha value is -2.30. The van der Waals surface area contributed by atoms with Crippen molar-refractivity contribution in [2.75, 3.05) is 10.0 Å². The van der Waals surface area contributed by atoms with Gasteiger partial charge in [-0.15, -0.1) is 22.7 Å². The quantitative estimate of drug-likeness (QED) is 0.565. The summed E-state index contributed by atoms with van der Waals surface area (Å²) >= 11 is 2.73. The highest BCUT2D eigenvalue weighted by atomic mass is 32.2. The molecule has 1 aliphatic rings.